The molecule has 2 rings (SSSR count). The van der Waals surface area contributed by atoms with Gasteiger partial charge in [0, 0.05) is 19.3 Å². The van der Waals surface area contributed by atoms with E-state index in [1.807, 2.05) is 48.6 Å². The maximum absolute atomic E-state index is 10.7. The number of hydrogen-bond acceptors (Lipinski definition) is 5. The van der Waals surface area contributed by atoms with Crippen LogP contribution in [-0.4, -0.2) is 46.2 Å². The Balaban J connectivity index is 1.78. The van der Waals surface area contributed by atoms with E-state index in [1.54, 1.807) is 6.08 Å². The number of unbranched alkanes of at least 4 members (excludes halogenated alkanes) is 1. The summed E-state index contributed by atoms with van der Waals surface area (Å²) < 4.78 is 4.89. The largest absolute Gasteiger partial charge is 0.466 e. The van der Waals surface area contributed by atoms with Gasteiger partial charge >= 0.3 is 5.97 Å². The molecule has 1 aliphatic carbocycles. The first kappa shape index (κ1) is 23.3. The fraction of sp³-hybridized carbons (Fsp3) is 0.542. The van der Waals surface area contributed by atoms with Gasteiger partial charge in [-0.3, -0.25) is 4.79 Å². The number of ether oxygens (including phenoxy) is 1. The molecule has 0 bridgehead atoms. The van der Waals surface area contributed by atoms with Crippen LogP contribution in [0.4, 0.5) is 0 Å². The lowest BCUT2D eigenvalue weighted by molar-refractivity contribution is -0.141. The fourth-order valence-corrected chi connectivity index (χ4v) is 3.81. The van der Waals surface area contributed by atoms with Crippen molar-refractivity contribution >= 4 is 5.97 Å². The van der Waals surface area contributed by atoms with E-state index in [0.29, 0.717) is 25.9 Å². The molecule has 0 aromatic heterocycles. The topological polar surface area (TPSA) is 87.0 Å². The molecule has 29 heavy (non-hydrogen) atoms. The second-order valence-corrected chi connectivity index (χ2v) is 7.78. The lowest BCUT2D eigenvalue weighted by Crippen LogP contribution is -2.20. The molecule has 0 saturated heterocycles. The summed E-state index contributed by atoms with van der Waals surface area (Å²) in [4.78, 5) is 10.7. The van der Waals surface area contributed by atoms with Crippen molar-refractivity contribution in [1.82, 2.24) is 0 Å². The Labute approximate surface area is 173 Å². The smallest absolute Gasteiger partial charge is 0.302 e. The molecule has 3 N–H and O–H groups in total. The maximum atomic E-state index is 10.7. The SMILES string of the molecule is CC(=O)OCCC/C=C\C[C@@H]1[C@@H](/C=C/[C@@H](O)CCc2ccccc2)[C@H](O)C[C@@H]1O. The predicted molar refractivity (Wildman–Crippen MR) is 113 cm³/mol. The number of aryl methyl sites for hydroxylation is 1. The Morgan fingerprint density at radius 1 is 1.21 bits per heavy atom. The van der Waals surface area contributed by atoms with Crippen molar-refractivity contribution in [1.29, 1.82) is 0 Å². The van der Waals surface area contributed by atoms with Gasteiger partial charge in [-0.2, -0.15) is 0 Å². The molecule has 5 atom stereocenters. The standard InChI is InChI=1S/C24H34O5/c1-18(25)29-16-8-3-2-7-11-21-22(24(28)17-23(21)27)15-14-20(26)13-12-19-9-5-4-6-10-19/h2,4-7,9-10,14-15,20-24,26-28H,3,8,11-13,16-17H2,1H3/b7-2-,15-14+/t20-,21+,22+,23-,24+/m0/s1. The van der Waals surface area contributed by atoms with Gasteiger partial charge in [-0.05, 0) is 43.6 Å². The highest BCUT2D eigenvalue weighted by atomic mass is 16.5. The minimum Gasteiger partial charge on any atom is -0.466 e. The van der Waals surface area contributed by atoms with Crippen molar-refractivity contribution < 1.29 is 24.9 Å². The molecule has 160 valence electrons. The van der Waals surface area contributed by atoms with Crippen LogP contribution in [0.25, 0.3) is 0 Å². The third-order valence-corrected chi connectivity index (χ3v) is 5.44. The molecule has 0 heterocycles. The number of aliphatic hydroxyl groups excluding tert-OH is 3. The number of benzene rings is 1. The van der Waals surface area contributed by atoms with Gasteiger partial charge in [0.1, 0.15) is 0 Å². The van der Waals surface area contributed by atoms with Crippen LogP contribution >= 0.6 is 0 Å². The van der Waals surface area contributed by atoms with Gasteiger partial charge in [0.05, 0.1) is 24.9 Å². The van der Waals surface area contributed by atoms with E-state index in [9.17, 15) is 20.1 Å². The number of aliphatic hydroxyl groups is 3. The summed E-state index contributed by atoms with van der Waals surface area (Å²) in [6.45, 7) is 1.81. The molecule has 1 aromatic rings. The maximum Gasteiger partial charge on any atom is 0.302 e. The molecule has 5 heteroatoms. The summed E-state index contributed by atoms with van der Waals surface area (Å²) >= 11 is 0. The number of esters is 1. The zero-order valence-corrected chi connectivity index (χ0v) is 17.2. The minimum absolute atomic E-state index is 0.0627. The zero-order valence-electron chi connectivity index (χ0n) is 17.2. The molecule has 1 aromatic carbocycles. The van der Waals surface area contributed by atoms with Crippen LogP contribution in [0.5, 0.6) is 0 Å². The molecule has 1 fully saturated rings. The van der Waals surface area contributed by atoms with E-state index >= 15 is 0 Å². The van der Waals surface area contributed by atoms with Gasteiger partial charge in [-0.25, -0.2) is 0 Å². The second-order valence-electron chi connectivity index (χ2n) is 7.78. The first-order valence-corrected chi connectivity index (χ1v) is 10.5. The highest BCUT2D eigenvalue weighted by Crippen LogP contribution is 2.36. The van der Waals surface area contributed by atoms with Crippen molar-refractivity contribution in [3.05, 3.63) is 60.2 Å². The van der Waals surface area contributed by atoms with Gasteiger partial charge in [0.15, 0.2) is 0 Å². The lowest BCUT2D eigenvalue weighted by atomic mass is 9.89. The number of rotatable bonds is 11. The summed E-state index contributed by atoms with van der Waals surface area (Å²) in [6.07, 6.45) is 9.97. The third-order valence-electron chi connectivity index (χ3n) is 5.44. The van der Waals surface area contributed by atoms with Crippen molar-refractivity contribution in [3.63, 3.8) is 0 Å². The summed E-state index contributed by atoms with van der Waals surface area (Å²) in [5.41, 5.74) is 1.19. The van der Waals surface area contributed by atoms with Crippen molar-refractivity contribution in [2.45, 2.75) is 63.8 Å². The third kappa shape index (κ3) is 8.52. The number of allylic oxidation sites excluding steroid dienone is 2. The van der Waals surface area contributed by atoms with E-state index < -0.39 is 18.3 Å². The molecule has 1 aliphatic rings. The van der Waals surface area contributed by atoms with Gasteiger partial charge in [-0.1, -0.05) is 54.6 Å². The zero-order chi connectivity index (χ0) is 21.1. The van der Waals surface area contributed by atoms with E-state index in [2.05, 4.69) is 0 Å². The van der Waals surface area contributed by atoms with Crippen molar-refractivity contribution in [3.8, 4) is 0 Å². The summed E-state index contributed by atoms with van der Waals surface area (Å²) in [5.74, 6) is -0.494. The van der Waals surface area contributed by atoms with Crippen LogP contribution in [0, 0.1) is 11.8 Å². The molecule has 0 aliphatic heterocycles. The average Bonchev–Trinajstić information content (AvgIpc) is 2.97. The quantitative estimate of drug-likeness (QED) is 0.301. The Morgan fingerprint density at radius 3 is 2.69 bits per heavy atom. The van der Waals surface area contributed by atoms with Crippen LogP contribution in [-0.2, 0) is 16.0 Å². The molecule has 5 nitrogen and oxygen atoms in total. The van der Waals surface area contributed by atoms with Crippen LogP contribution in [0.1, 0.15) is 44.6 Å². The summed E-state index contributed by atoms with van der Waals surface area (Å²) in [6, 6.07) is 10.0. The van der Waals surface area contributed by atoms with Crippen LogP contribution in [0.15, 0.2) is 54.6 Å². The van der Waals surface area contributed by atoms with Gasteiger partial charge in [-0.15, -0.1) is 0 Å². The number of hydrogen-bond donors (Lipinski definition) is 3. The Bertz CT molecular complexity index is 654. The van der Waals surface area contributed by atoms with E-state index in [4.69, 9.17) is 4.74 Å². The number of carbonyl (C=O) groups is 1. The highest BCUT2D eigenvalue weighted by molar-refractivity contribution is 5.65. The molecular formula is C24H34O5. The van der Waals surface area contributed by atoms with Crippen LogP contribution < -0.4 is 0 Å². The predicted octanol–water partition coefficient (Wildman–Crippen LogP) is 3.18. The van der Waals surface area contributed by atoms with Crippen molar-refractivity contribution in [2.75, 3.05) is 6.61 Å². The van der Waals surface area contributed by atoms with E-state index in [0.717, 1.165) is 19.3 Å². The summed E-state index contributed by atoms with van der Waals surface area (Å²) in [7, 11) is 0. The monoisotopic (exact) mass is 402 g/mol. The Kier molecular flexibility index (Phi) is 10.1. The minimum atomic E-state index is -0.593. The Morgan fingerprint density at radius 2 is 1.97 bits per heavy atom. The molecule has 0 unspecified atom stereocenters. The van der Waals surface area contributed by atoms with Gasteiger partial charge < -0.3 is 20.1 Å². The summed E-state index contributed by atoms with van der Waals surface area (Å²) in [5, 5.41) is 30.9. The van der Waals surface area contributed by atoms with Crippen molar-refractivity contribution in [2.24, 2.45) is 11.8 Å². The molecular weight excluding hydrogens is 368 g/mol. The van der Waals surface area contributed by atoms with Gasteiger partial charge in [0.25, 0.3) is 0 Å². The first-order valence-electron chi connectivity index (χ1n) is 10.5. The lowest BCUT2D eigenvalue weighted by Gasteiger charge is -2.19. The first-order chi connectivity index (χ1) is 14.0. The van der Waals surface area contributed by atoms with E-state index in [1.165, 1.54) is 12.5 Å². The molecule has 0 amide bonds. The normalized spacial score (nSPS) is 25.7. The van der Waals surface area contributed by atoms with Crippen LogP contribution in [0.2, 0.25) is 0 Å². The molecule has 0 spiro atoms. The van der Waals surface area contributed by atoms with E-state index in [-0.39, 0.29) is 17.8 Å². The second kappa shape index (κ2) is 12.6. The molecule has 0 radical (unpaired) electrons. The Hall–Kier alpha value is -1.95. The van der Waals surface area contributed by atoms with Gasteiger partial charge in [0.2, 0.25) is 0 Å². The fourth-order valence-electron chi connectivity index (χ4n) is 3.81. The highest BCUT2D eigenvalue weighted by Gasteiger charge is 2.39. The van der Waals surface area contributed by atoms with Crippen LogP contribution in [0.3, 0.4) is 0 Å². The number of carbonyl (C=O) groups excluding carboxylic acids is 1. The average molecular weight is 403 g/mol. The molecule has 1 saturated carbocycles.